The number of aromatic nitrogens is 4. The first-order chi connectivity index (χ1) is 15.2. The Morgan fingerprint density at radius 1 is 1.19 bits per heavy atom. The third kappa shape index (κ3) is 5.01. The molecule has 0 aliphatic rings. The largest absolute Gasteiger partial charge is 0.296 e. The third-order valence-electron chi connectivity index (χ3n) is 4.80. The van der Waals surface area contributed by atoms with Crippen molar-refractivity contribution >= 4 is 45.6 Å². The minimum absolute atomic E-state index is 0.223. The lowest BCUT2D eigenvalue weighted by atomic mass is 9.92. The molecule has 0 saturated heterocycles. The number of benzene rings is 1. The van der Waals surface area contributed by atoms with E-state index in [2.05, 4.69) is 36.1 Å². The molecule has 3 aromatic heterocycles. The third-order valence-corrected chi connectivity index (χ3v) is 6.14. The zero-order valence-corrected chi connectivity index (χ0v) is 20.1. The Morgan fingerprint density at radius 2 is 2.00 bits per heavy atom. The van der Waals surface area contributed by atoms with Gasteiger partial charge in [0.1, 0.15) is 5.69 Å². The van der Waals surface area contributed by atoms with Gasteiger partial charge in [0.2, 0.25) is 0 Å². The van der Waals surface area contributed by atoms with Gasteiger partial charge < -0.3 is 0 Å². The molecule has 4 rings (SSSR count). The van der Waals surface area contributed by atoms with Crippen molar-refractivity contribution in [3.8, 4) is 11.3 Å². The summed E-state index contributed by atoms with van der Waals surface area (Å²) in [5, 5.41) is 11.1. The molecule has 0 radical (unpaired) electrons. The molecular weight excluding hydrogens is 465 g/mol. The van der Waals surface area contributed by atoms with Crippen molar-refractivity contribution < 1.29 is 4.79 Å². The van der Waals surface area contributed by atoms with Crippen LogP contribution in [0.15, 0.2) is 54.2 Å². The second kappa shape index (κ2) is 9.02. The van der Waals surface area contributed by atoms with Crippen molar-refractivity contribution in [1.82, 2.24) is 19.7 Å². The van der Waals surface area contributed by atoms with Gasteiger partial charge >= 0.3 is 0 Å². The number of rotatable bonds is 5. The van der Waals surface area contributed by atoms with Crippen LogP contribution in [0.1, 0.15) is 42.5 Å². The predicted molar refractivity (Wildman–Crippen MR) is 130 cm³/mol. The van der Waals surface area contributed by atoms with Crippen LogP contribution >= 0.6 is 34.5 Å². The zero-order valence-electron chi connectivity index (χ0n) is 17.8. The molecule has 0 aliphatic carbocycles. The maximum absolute atomic E-state index is 13.2. The molecule has 0 saturated carbocycles. The fourth-order valence-electron chi connectivity index (χ4n) is 3.04. The van der Waals surface area contributed by atoms with Crippen molar-refractivity contribution in [2.24, 2.45) is 0 Å². The zero-order chi connectivity index (χ0) is 22.9. The highest BCUT2D eigenvalue weighted by atomic mass is 35.5. The first-order valence-corrected chi connectivity index (χ1v) is 11.5. The highest BCUT2D eigenvalue weighted by Crippen LogP contribution is 2.27. The van der Waals surface area contributed by atoms with E-state index < -0.39 is 0 Å². The number of hydrogen-bond donors (Lipinski definition) is 1. The highest BCUT2D eigenvalue weighted by molar-refractivity contribution is 7.14. The number of hydrogen-bond acceptors (Lipinski definition) is 5. The fraction of sp³-hybridized carbons (Fsp3) is 0.217. The van der Waals surface area contributed by atoms with Gasteiger partial charge in [-0.3, -0.25) is 19.8 Å². The summed E-state index contributed by atoms with van der Waals surface area (Å²) in [5.74, 6) is -0.287. The second-order valence-electron chi connectivity index (χ2n) is 8.29. The number of thiazole rings is 1. The summed E-state index contributed by atoms with van der Waals surface area (Å²) in [6, 6.07) is 10.9. The topological polar surface area (TPSA) is 72.7 Å². The van der Waals surface area contributed by atoms with Crippen LogP contribution in [0.3, 0.4) is 0 Å². The van der Waals surface area contributed by atoms with Crippen molar-refractivity contribution in [3.05, 3.63) is 81.2 Å². The predicted octanol–water partition coefficient (Wildman–Crippen LogP) is 6.31. The lowest BCUT2D eigenvalue weighted by Crippen LogP contribution is -2.18. The summed E-state index contributed by atoms with van der Waals surface area (Å²) in [6.45, 7) is 6.50. The van der Waals surface area contributed by atoms with Crippen LogP contribution in [0.5, 0.6) is 0 Å². The average Bonchev–Trinajstić information content (AvgIpc) is 3.38. The summed E-state index contributed by atoms with van der Waals surface area (Å²) in [5.41, 5.74) is 3.49. The van der Waals surface area contributed by atoms with E-state index in [0.717, 1.165) is 22.5 Å². The molecule has 1 amide bonds. The van der Waals surface area contributed by atoms with Crippen molar-refractivity contribution in [1.29, 1.82) is 0 Å². The van der Waals surface area contributed by atoms with Gasteiger partial charge in [0, 0.05) is 38.8 Å². The van der Waals surface area contributed by atoms with Crippen LogP contribution in [0.4, 0.5) is 5.13 Å². The average molecular weight is 486 g/mol. The highest BCUT2D eigenvalue weighted by Gasteiger charge is 2.24. The first-order valence-electron chi connectivity index (χ1n) is 9.90. The van der Waals surface area contributed by atoms with E-state index in [1.54, 1.807) is 29.2 Å². The smallest absolute Gasteiger partial charge is 0.275 e. The van der Waals surface area contributed by atoms with Crippen LogP contribution in [0.25, 0.3) is 11.3 Å². The molecule has 4 aromatic rings. The summed E-state index contributed by atoms with van der Waals surface area (Å²) in [6.07, 6.45) is 3.45. The Kier molecular flexibility index (Phi) is 6.33. The minimum Gasteiger partial charge on any atom is -0.296 e. The molecule has 1 aromatic carbocycles. The molecule has 0 atom stereocenters. The molecule has 0 fully saturated rings. The molecule has 6 nitrogen and oxygen atoms in total. The van der Waals surface area contributed by atoms with Gasteiger partial charge in [0.15, 0.2) is 5.13 Å². The summed E-state index contributed by atoms with van der Waals surface area (Å²) < 4.78 is 1.67. The number of anilines is 1. The van der Waals surface area contributed by atoms with E-state index in [0.29, 0.717) is 27.4 Å². The molecule has 0 bridgehead atoms. The van der Waals surface area contributed by atoms with Gasteiger partial charge in [0.05, 0.1) is 17.9 Å². The van der Waals surface area contributed by atoms with Crippen molar-refractivity contribution in [2.75, 3.05) is 5.32 Å². The lowest BCUT2D eigenvalue weighted by Gasteiger charge is -2.14. The maximum Gasteiger partial charge on any atom is 0.275 e. The number of amides is 1. The van der Waals surface area contributed by atoms with E-state index in [1.165, 1.54) is 11.3 Å². The number of nitrogens with one attached hydrogen (secondary N) is 1. The minimum atomic E-state index is -0.287. The van der Waals surface area contributed by atoms with E-state index in [1.807, 2.05) is 29.6 Å². The van der Waals surface area contributed by atoms with Gasteiger partial charge in [-0.25, -0.2) is 4.98 Å². The standard InChI is InChI=1S/C23H21Cl2N5OS/c1-23(2,3)20-10-19(30(29-20)12-15-6-7-16(24)9-17(15)25)21(31)28-22-27-18(13-32-22)14-5-4-8-26-11-14/h4-11,13H,12H2,1-3H3,(H,27,28,31). The number of nitrogens with zero attached hydrogens (tertiary/aromatic N) is 4. The normalized spacial score (nSPS) is 11.5. The molecule has 3 heterocycles. The number of pyridine rings is 1. The molecule has 0 unspecified atom stereocenters. The lowest BCUT2D eigenvalue weighted by molar-refractivity contribution is 0.101. The van der Waals surface area contributed by atoms with Gasteiger partial charge in [-0.15, -0.1) is 11.3 Å². The van der Waals surface area contributed by atoms with Gasteiger partial charge in [-0.2, -0.15) is 5.10 Å². The van der Waals surface area contributed by atoms with E-state index >= 15 is 0 Å². The molecule has 1 N–H and O–H groups in total. The maximum atomic E-state index is 13.2. The fourth-order valence-corrected chi connectivity index (χ4v) is 4.22. The molecule has 32 heavy (non-hydrogen) atoms. The van der Waals surface area contributed by atoms with Crippen molar-refractivity contribution in [3.63, 3.8) is 0 Å². The van der Waals surface area contributed by atoms with Crippen LogP contribution in [-0.4, -0.2) is 25.7 Å². The van der Waals surface area contributed by atoms with Crippen LogP contribution < -0.4 is 5.32 Å². The SMILES string of the molecule is CC(C)(C)c1cc(C(=O)Nc2nc(-c3cccnc3)cs2)n(Cc2ccc(Cl)cc2Cl)n1. The van der Waals surface area contributed by atoms with E-state index in [9.17, 15) is 4.79 Å². The van der Waals surface area contributed by atoms with E-state index in [-0.39, 0.29) is 11.3 Å². The summed E-state index contributed by atoms with van der Waals surface area (Å²) >= 11 is 13.7. The molecule has 0 aliphatic heterocycles. The number of carbonyl (C=O) groups is 1. The Bertz CT molecular complexity index is 1260. The first kappa shape index (κ1) is 22.5. The molecule has 0 spiro atoms. The quantitative estimate of drug-likeness (QED) is 0.359. The summed E-state index contributed by atoms with van der Waals surface area (Å²) in [4.78, 5) is 21.8. The summed E-state index contributed by atoms with van der Waals surface area (Å²) in [7, 11) is 0. The second-order valence-corrected chi connectivity index (χ2v) is 9.99. The Labute approximate surface area is 200 Å². The van der Waals surface area contributed by atoms with Gasteiger partial charge in [0.25, 0.3) is 5.91 Å². The number of carbonyl (C=O) groups excluding carboxylic acids is 1. The van der Waals surface area contributed by atoms with Crippen LogP contribution in [0.2, 0.25) is 10.0 Å². The van der Waals surface area contributed by atoms with E-state index in [4.69, 9.17) is 28.3 Å². The molecule has 9 heteroatoms. The molecular formula is C23H21Cl2N5OS. The van der Waals surface area contributed by atoms with Crippen molar-refractivity contribution in [2.45, 2.75) is 32.7 Å². The van der Waals surface area contributed by atoms with Gasteiger partial charge in [-0.05, 0) is 35.9 Å². The number of halogens is 2. The molecule has 164 valence electrons. The Balaban J connectivity index is 1.62. The van der Waals surface area contributed by atoms with Crippen LogP contribution in [-0.2, 0) is 12.0 Å². The van der Waals surface area contributed by atoms with Crippen LogP contribution in [0, 0.1) is 0 Å². The van der Waals surface area contributed by atoms with Gasteiger partial charge in [-0.1, -0.05) is 50.0 Å². The Morgan fingerprint density at radius 3 is 2.69 bits per heavy atom. The monoisotopic (exact) mass is 485 g/mol. The Hall–Kier alpha value is -2.74.